The van der Waals surface area contributed by atoms with Crippen LogP contribution in [-0.2, 0) is 0 Å². The number of hydrogen-bond acceptors (Lipinski definition) is 3. The maximum Gasteiger partial charge on any atom is 0.253 e. The Labute approximate surface area is 182 Å². The van der Waals surface area contributed by atoms with Gasteiger partial charge in [-0.3, -0.25) is 9.59 Å². The van der Waals surface area contributed by atoms with Crippen LogP contribution in [0.3, 0.4) is 0 Å². The Balaban J connectivity index is 1.30. The Morgan fingerprint density at radius 1 is 0.806 bits per heavy atom. The van der Waals surface area contributed by atoms with Gasteiger partial charge in [0.05, 0.1) is 7.11 Å². The fourth-order valence-electron chi connectivity index (χ4n) is 3.86. The van der Waals surface area contributed by atoms with Gasteiger partial charge in [-0.05, 0) is 60.4 Å². The molecular weight excluding hydrogens is 388 g/mol. The molecule has 4 rings (SSSR count). The molecule has 1 aliphatic heterocycles. The molecule has 5 heteroatoms. The van der Waals surface area contributed by atoms with Crippen molar-refractivity contribution in [3.8, 4) is 16.9 Å². The van der Waals surface area contributed by atoms with E-state index in [1.807, 2.05) is 47.4 Å². The first kappa shape index (κ1) is 20.7. The van der Waals surface area contributed by atoms with Gasteiger partial charge in [0.2, 0.25) is 0 Å². The Morgan fingerprint density at radius 2 is 1.39 bits per heavy atom. The highest BCUT2D eigenvalue weighted by Gasteiger charge is 2.25. The van der Waals surface area contributed by atoms with Gasteiger partial charge in [0.1, 0.15) is 5.75 Å². The quantitative estimate of drug-likeness (QED) is 0.673. The van der Waals surface area contributed by atoms with Gasteiger partial charge in [0, 0.05) is 30.3 Å². The number of amides is 2. The zero-order valence-corrected chi connectivity index (χ0v) is 17.6. The minimum atomic E-state index is -0.0699. The zero-order chi connectivity index (χ0) is 21.6. The summed E-state index contributed by atoms with van der Waals surface area (Å²) in [4.78, 5) is 27.2. The summed E-state index contributed by atoms with van der Waals surface area (Å²) in [6.07, 6.45) is 1.49. The van der Waals surface area contributed by atoms with Crippen LogP contribution in [-0.4, -0.2) is 43.0 Å². The topological polar surface area (TPSA) is 58.6 Å². The molecule has 0 atom stereocenters. The molecule has 0 aliphatic carbocycles. The summed E-state index contributed by atoms with van der Waals surface area (Å²) in [7, 11) is 1.60. The number of carbonyl (C=O) groups is 2. The van der Waals surface area contributed by atoms with Crippen molar-refractivity contribution in [2.75, 3.05) is 20.2 Å². The molecular formula is C26H26N2O3. The summed E-state index contributed by atoms with van der Waals surface area (Å²) in [5, 5.41) is 3.12. The molecule has 1 aliphatic rings. The third kappa shape index (κ3) is 4.94. The molecule has 1 fully saturated rings. The Morgan fingerprint density at radius 3 is 2.00 bits per heavy atom. The molecule has 5 nitrogen and oxygen atoms in total. The average Bonchev–Trinajstić information content (AvgIpc) is 2.85. The van der Waals surface area contributed by atoms with E-state index in [0.717, 1.165) is 29.7 Å². The van der Waals surface area contributed by atoms with Gasteiger partial charge in [-0.25, -0.2) is 0 Å². The van der Waals surface area contributed by atoms with E-state index in [0.29, 0.717) is 24.2 Å². The van der Waals surface area contributed by atoms with E-state index >= 15 is 0 Å². The molecule has 31 heavy (non-hydrogen) atoms. The standard InChI is InChI=1S/C26H26N2O3/c1-31-24-13-11-22(12-14-24)26(30)28-17-15-23(16-18-28)27-25(29)21-9-7-20(8-10-21)19-5-3-2-4-6-19/h2-14,23H,15-18H2,1H3,(H,27,29). The fraction of sp³-hybridized carbons (Fsp3) is 0.231. The number of methoxy groups -OCH3 is 1. The Kier molecular flexibility index (Phi) is 6.32. The van der Waals surface area contributed by atoms with Gasteiger partial charge in [-0.15, -0.1) is 0 Å². The number of ether oxygens (including phenoxy) is 1. The molecule has 0 saturated carbocycles. The van der Waals surface area contributed by atoms with Crippen LogP contribution in [0, 0.1) is 0 Å². The highest BCUT2D eigenvalue weighted by atomic mass is 16.5. The summed E-state index contributed by atoms with van der Waals surface area (Å²) in [6.45, 7) is 1.26. The number of benzene rings is 3. The number of rotatable bonds is 5. The highest BCUT2D eigenvalue weighted by Crippen LogP contribution is 2.20. The lowest BCUT2D eigenvalue weighted by Crippen LogP contribution is -2.46. The number of piperidine rings is 1. The van der Waals surface area contributed by atoms with Crippen molar-refractivity contribution < 1.29 is 14.3 Å². The molecule has 0 radical (unpaired) electrons. The minimum Gasteiger partial charge on any atom is -0.497 e. The second-order valence-electron chi connectivity index (χ2n) is 7.71. The molecule has 3 aromatic rings. The minimum absolute atomic E-state index is 0.0175. The average molecular weight is 415 g/mol. The third-order valence-electron chi connectivity index (χ3n) is 5.71. The van der Waals surface area contributed by atoms with Crippen LogP contribution < -0.4 is 10.1 Å². The van der Waals surface area contributed by atoms with E-state index < -0.39 is 0 Å². The maximum absolute atomic E-state index is 12.7. The number of hydrogen-bond donors (Lipinski definition) is 1. The molecule has 0 unspecified atom stereocenters. The number of nitrogens with one attached hydrogen (secondary N) is 1. The fourth-order valence-corrected chi connectivity index (χ4v) is 3.86. The SMILES string of the molecule is COc1ccc(C(=O)N2CCC(NC(=O)c3ccc(-c4ccccc4)cc3)CC2)cc1. The van der Waals surface area contributed by atoms with E-state index in [1.54, 1.807) is 31.4 Å². The van der Waals surface area contributed by atoms with Crippen molar-refractivity contribution in [2.45, 2.75) is 18.9 Å². The van der Waals surface area contributed by atoms with E-state index in [-0.39, 0.29) is 17.9 Å². The van der Waals surface area contributed by atoms with Gasteiger partial charge in [0.15, 0.2) is 0 Å². The Bertz CT molecular complexity index is 1020. The molecule has 2 amide bonds. The first-order valence-corrected chi connectivity index (χ1v) is 10.5. The molecule has 0 spiro atoms. The van der Waals surface area contributed by atoms with Gasteiger partial charge in [-0.1, -0.05) is 42.5 Å². The second-order valence-corrected chi connectivity index (χ2v) is 7.71. The van der Waals surface area contributed by atoms with Crippen molar-refractivity contribution in [3.05, 3.63) is 90.0 Å². The van der Waals surface area contributed by atoms with Crippen LogP contribution in [0.4, 0.5) is 0 Å². The lowest BCUT2D eigenvalue weighted by Gasteiger charge is -2.32. The van der Waals surface area contributed by atoms with Crippen molar-refractivity contribution in [1.29, 1.82) is 0 Å². The van der Waals surface area contributed by atoms with Crippen molar-refractivity contribution in [2.24, 2.45) is 0 Å². The van der Waals surface area contributed by atoms with E-state index in [2.05, 4.69) is 17.4 Å². The summed E-state index contributed by atoms with van der Waals surface area (Å²) < 4.78 is 5.15. The van der Waals surface area contributed by atoms with Crippen LogP contribution >= 0.6 is 0 Å². The first-order valence-electron chi connectivity index (χ1n) is 10.5. The summed E-state index contributed by atoms with van der Waals surface area (Å²) in [6, 6.07) is 25.0. The summed E-state index contributed by atoms with van der Waals surface area (Å²) in [5.74, 6) is 0.679. The van der Waals surface area contributed by atoms with Gasteiger partial charge < -0.3 is 15.0 Å². The monoisotopic (exact) mass is 414 g/mol. The van der Waals surface area contributed by atoms with Gasteiger partial charge in [-0.2, -0.15) is 0 Å². The first-order chi connectivity index (χ1) is 15.1. The van der Waals surface area contributed by atoms with Gasteiger partial charge >= 0.3 is 0 Å². The van der Waals surface area contributed by atoms with E-state index in [4.69, 9.17) is 4.74 Å². The molecule has 3 aromatic carbocycles. The van der Waals surface area contributed by atoms with Crippen molar-refractivity contribution in [3.63, 3.8) is 0 Å². The smallest absolute Gasteiger partial charge is 0.253 e. The van der Waals surface area contributed by atoms with Crippen LogP contribution in [0.25, 0.3) is 11.1 Å². The lowest BCUT2D eigenvalue weighted by molar-refractivity contribution is 0.0698. The van der Waals surface area contributed by atoms with Crippen molar-refractivity contribution >= 4 is 11.8 Å². The molecule has 1 saturated heterocycles. The number of nitrogens with zero attached hydrogens (tertiary/aromatic N) is 1. The summed E-state index contributed by atoms with van der Waals surface area (Å²) in [5.41, 5.74) is 3.52. The third-order valence-corrected chi connectivity index (χ3v) is 5.71. The van der Waals surface area contributed by atoms with Crippen LogP contribution in [0.5, 0.6) is 5.75 Å². The number of carbonyl (C=O) groups excluding carboxylic acids is 2. The van der Waals surface area contributed by atoms with E-state index in [9.17, 15) is 9.59 Å². The number of likely N-dealkylation sites (tertiary alicyclic amines) is 1. The largest absolute Gasteiger partial charge is 0.497 e. The summed E-state index contributed by atoms with van der Waals surface area (Å²) >= 11 is 0. The molecule has 0 bridgehead atoms. The van der Waals surface area contributed by atoms with Crippen molar-refractivity contribution in [1.82, 2.24) is 10.2 Å². The zero-order valence-electron chi connectivity index (χ0n) is 17.6. The molecule has 1 heterocycles. The lowest BCUT2D eigenvalue weighted by atomic mass is 10.0. The predicted octanol–water partition coefficient (Wildman–Crippen LogP) is 4.40. The van der Waals surface area contributed by atoms with Crippen LogP contribution in [0.1, 0.15) is 33.6 Å². The molecule has 1 N–H and O–H groups in total. The van der Waals surface area contributed by atoms with Crippen LogP contribution in [0.15, 0.2) is 78.9 Å². The second kappa shape index (κ2) is 9.47. The highest BCUT2D eigenvalue weighted by molar-refractivity contribution is 5.95. The normalized spacial score (nSPS) is 14.2. The van der Waals surface area contributed by atoms with E-state index in [1.165, 1.54) is 0 Å². The Hall–Kier alpha value is -3.60. The predicted molar refractivity (Wildman–Crippen MR) is 121 cm³/mol. The molecule has 0 aromatic heterocycles. The maximum atomic E-state index is 12.7. The van der Waals surface area contributed by atoms with Gasteiger partial charge in [0.25, 0.3) is 11.8 Å². The van der Waals surface area contributed by atoms with Crippen LogP contribution in [0.2, 0.25) is 0 Å². The molecule has 158 valence electrons.